The minimum Gasteiger partial charge on any atom is -0.496 e. The van der Waals surface area contributed by atoms with E-state index in [2.05, 4.69) is 17.1 Å². The fourth-order valence-electron chi connectivity index (χ4n) is 1.27. The topological polar surface area (TPSA) is 39.9 Å². The van der Waals surface area contributed by atoms with Crippen LogP contribution in [0.2, 0.25) is 0 Å². The zero-order valence-electron chi connectivity index (χ0n) is 7.88. The first-order chi connectivity index (χ1) is 6.42. The van der Waals surface area contributed by atoms with Gasteiger partial charge in [0.25, 0.3) is 0 Å². The Morgan fingerprint density at radius 1 is 1.57 bits per heavy atom. The number of allylic oxidation sites excluding steroid dienone is 2. The first-order valence-corrected chi connectivity index (χ1v) is 4.27. The summed E-state index contributed by atoms with van der Waals surface area (Å²) in [6.45, 7) is 3.52. The van der Waals surface area contributed by atoms with Crippen LogP contribution in [-0.2, 0) is 11.3 Å². The van der Waals surface area contributed by atoms with Gasteiger partial charge < -0.3 is 9.30 Å². The van der Waals surface area contributed by atoms with Crippen molar-refractivity contribution in [3.63, 3.8) is 0 Å². The lowest BCUT2D eigenvalue weighted by atomic mass is 10.2. The van der Waals surface area contributed by atoms with Crippen LogP contribution in [0.5, 0.6) is 0 Å². The lowest BCUT2D eigenvalue weighted by Gasteiger charge is -2.09. The molecule has 1 aromatic rings. The maximum Gasteiger partial charge on any atom is 0.163 e. The van der Waals surface area contributed by atoms with E-state index in [0.717, 1.165) is 17.9 Å². The molecule has 0 saturated heterocycles. The van der Waals surface area contributed by atoms with Crippen molar-refractivity contribution in [1.82, 2.24) is 14.8 Å². The molecule has 0 aromatic carbocycles. The SMILES string of the molecule is CCn1cnnc1C1=CC=COC1.Cl. The van der Waals surface area contributed by atoms with Crippen molar-refractivity contribution in [2.24, 2.45) is 0 Å². The van der Waals surface area contributed by atoms with Gasteiger partial charge in [0, 0.05) is 12.1 Å². The first-order valence-electron chi connectivity index (χ1n) is 4.27. The number of hydrogen-bond acceptors (Lipinski definition) is 3. The van der Waals surface area contributed by atoms with Crippen LogP contribution >= 0.6 is 12.4 Å². The summed E-state index contributed by atoms with van der Waals surface area (Å²) in [6.07, 6.45) is 7.28. The van der Waals surface area contributed by atoms with Gasteiger partial charge in [0.15, 0.2) is 5.82 Å². The van der Waals surface area contributed by atoms with Crippen LogP contribution in [0.4, 0.5) is 0 Å². The summed E-state index contributed by atoms with van der Waals surface area (Å²) in [5, 5.41) is 7.90. The van der Waals surface area contributed by atoms with Crippen molar-refractivity contribution in [2.75, 3.05) is 6.61 Å². The maximum atomic E-state index is 5.18. The van der Waals surface area contributed by atoms with Gasteiger partial charge in [0.05, 0.1) is 6.26 Å². The van der Waals surface area contributed by atoms with Crippen molar-refractivity contribution in [2.45, 2.75) is 13.5 Å². The van der Waals surface area contributed by atoms with E-state index in [0.29, 0.717) is 6.61 Å². The molecule has 0 bridgehead atoms. The molecule has 2 rings (SSSR count). The molecule has 0 fully saturated rings. The van der Waals surface area contributed by atoms with Gasteiger partial charge in [-0.25, -0.2) is 0 Å². The molecule has 0 saturated carbocycles. The average molecular weight is 214 g/mol. The van der Waals surface area contributed by atoms with Crippen molar-refractivity contribution in [3.8, 4) is 0 Å². The fraction of sp³-hybridized carbons (Fsp3) is 0.333. The smallest absolute Gasteiger partial charge is 0.163 e. The summed E-state index contributed by atoms with van der Waals surface area (Å²) >= 11 is 0. The maximum absolute atomic E-state index is 5.18. The molecule has 0 unspecified atom stereocenters. The normalized spacial score (nSPS) is 14.2. The molecule has 0 N–H and O–H groups in total. The molecular weight excluding hydrogens is 202 g/mol. The van der Waals surface area contributed by atoms with Gasteiger partial charge >= 0.3 is 0 Å². The molecular formula is C9H12ClN3O. The average Bonchev–Trinajstić information content (AvgIpc) is 2.67. The Morgan fingerprint density at radius 3 is 3.07 bits per heavy atom. The number of halogens is 1. The number of aryl methyl sites for hydroxylation is 1. The largest absolute Gasteiger partial charge is 0.496 e. The molecule has 76 valence electrons. The fourth-order valence-corrected chi connectivity index (χ4v) is 1.27. The highest BCUT2D eigenvalue weighted by atomic mass is 35.5. The molecule has 2 heterocycles. The van der Waals surface area contributed by atoms with Crippen molar-refractivity contribution in [3.05, 3.63) is 30.6 Å². The van der Waals surface area contributed by atoms with E-state index >= 15 is 0 Å². The van der Waals surface area contributed by atoms with Crippen LogP contribution in [0.25, 0.3) is 5.57 Å². The van der Waals surface area contributed by atoms with Crippen LogP contribution in [0.3, 0.4) is 0 Å². The van der Waals surface area contributed by atoms with Gasteiger partial charge in [-0.2, -0.15) is 0 Å². The number of aromatic nitrogens is 3. The van der Waals surface area contributed by atoms with Crippen LogP contribution in [0.15, 0.2) is 24.7 Å². The number of nitrogens with zero attached hydrogens (tertiary/aromatic N) is 3. The van der Waals surface area contributed by atoms with Crippen molar-refractivity contribution in [1.29, 1.82) is 0 Å². The molecule has 4 nitrogen and oxygen atoms in total. The van der Waals surface area contributed by atoms with Gasteiger partial charge in [0.2, 0.25) is 0 Å². The Balaban J connectivity index is 0.000000980. The van der Waals surface area contributed by atoms with Gasteiger partial charge in [0.1, 0.15) is 12.9 Å². The van der Waals surface area contributed by atoms with Crippen molar-refractivity contribution >= 4 is 18.0 Å². The van der Waals surface area contributed by atoms with Crippen LogP contribution in [-0.4, -0.2) is 21.4 Å². The van der Waals surface area contributed by atoms with E-state index in [-0.39, 0.29) is 12.4 Å². The molecule has 0 radical (unpaired) electrons. The van der Waals surface area contributed by atoms with E-state index in [9.17, 15) is 0 Å². The lowest BCUT2D eigenvalue weighted by molar-refractivity contribution is 0.291. The standard InChI is InChI=1S/C9H11N3O.ClH/c1-2-12-7-10-11-9(12)8-4-3-5-13-6-8;/h3-5,7H,2,6H2,1H3;1H. The number of ether oxygens (including phenoxy) is 1. The van der Waals surface area contributed by atoms with Crippen LogP contribution in [0, 0.1) is 0 Å². The second-order valence-corrected chi connectivity index (χ2v) is 2.77. The second-order valence-electron chi connectivity index (χ2n) is 2.77. The predicted molar refractivity (Wildman–Crippen MR) is 56.0 cm³/mol. The van der Waals surface area contributed by atoms with E-state index < -0.39 is 0 Å². The summed E-state index contributed by atoms with van der Waals surface area (Å²) in [5.41, 5.74) is 1.07. The van der Waals surface area contributed by atoms with E-state index in [1.165, 1.54) is 0 Å². The Labute approximate surface area is 88.7 Å². The molecule has 1 aromatic heterocycles. The van der Waals surface area contributed by atoms with Gasteiger partial charge in [-0.1, -0.05) is 0 Å². The third-order valence-electron chi connectivity index (χ3n) is 1.95. The van der Waals surface area contributed by atoms with Crippen LogP contribution in [0.1, 0.15) is 12.7 Å². The molecule has 0 atom stereocenters. The molecule has 0 spiro atoms. The Morgan fingerprint density at radius 2 is 2.43 bits per heavy atom. The molecule has 14 heavy (non-hydrogen) atoms. The lowest BCUT2D eigenvalue weighted by Crippen LogP contribution is -2.05. The molecule has 1 aliphatic rings. The molecule has 5 heteroatoms. The van der Waals surface area contributed by atoms with Gasteiger partial charge in [-0.15, -0.1) is 22.6 Å². The van der Waals surface area contributed by atoms with Gasteiger partial charge in [-0.05, 0) is 19.1 Å². The number of hydrogen-bond donors (Lipinski definition) is 0. The van der Waals surface area contributed by atoms with E-state index in [4.69, 9.17) is 4.74 Å². The second kappa shape index (κ2) is 4.81. The highest BCUT2D eigenvalue weighted by Gasteiger charge is 2.10. The molecule has 0 aliphatic carbocycles. The number of rotatable bonds is 2. The summed E-state index contributed by atoms with van der Waals surface area (Å²) in [4.78, 5) is 0. The monoisotopic (exact) mass is 213 g/mol. The van der Waals surface area contributed by atoms with E-state index in [1.54, 1.807) is 12.6 Å². The Hall–Kier alpha value is -1.29. The zero-order valence-corrected chi connectivity index (χ0v) is 8.70. The van der Waals surface area contributed by atoms with E-state index in [1.807, 2.05) is 16.7 Å². The molecule has 1 aliphatic heterocycles. The van der Waals surface area contributed by atoms with Gasteiger partial charge in [-0.3, -0.25) is 0 Å². The predicted octanol–water partition coefficient (Wildman–Crippen LogP) is 1.65. The van der Waals surface area contributed by atoms with Crippen molar-refractivity contribution < 1.29 is 4.74 Å². The third kappa shape index (κ3) is 1.96. The quantitative estimate of drug-likeness (QED) is 0.750. The minimum atomic E-state index is 0. The Bertz CT molecular complexity index is 357. The highest BCUT2D eigenvalue weighted by molar-refractivity contribution is 5.85. The Kier molecular flexibility index (Phi) is 3.71. The minimum absolute atomic E-state index is 0. The zero-order chi connectivity index (χ0) is 9.10. The molecule has 0 amide bonds. The first kappa shape index (κ1) is 10.8. The van der Waals surface area contributed by atoms with Crippen LogP contribution < -0.4 is 0 Å². The third-order valence-corrected chi connectivity index (χ3v) is 1.95. The summed E-state index contributed by atoms with van der Waals surface area (Å²) < 4.78 is 7.17. The summed E-state index contributed by atoms with van der Waals surface area (Å²) in [7, 11) is 0. The highest BCUT2D eigenvalue weighted by Crippen LogP contribution is 2.14. The summed E-state index contributed by atoms with van der Waals surface area (Å²) in [5.74, 6) is 0.895. The summed E-state index contributed by atoms with van der Waals surface area (Å²) in [6, 6.07) is 0.